The first-order chi connectivity index (χ1) is 5.66. The number of hydrogen-bond acceptors (Lipinski definition) is 5. The van der Waals surface area contributed by atoms with Crippen molar-refractivity contribution in [3.8, 4) is 0 Å². The molecular formula is C7H15NO4. The lowest BCUT2D eigenvalue weighted by atomic mass is 9.88. The van der Waals surface area contributed by atoms with Crippen molar-refractivity contribution >= 4 is 6.08 Å². The molecule has 0 saturated carbocycles. The van der Waals surface area contributed by atoms with E-state index < -0.39 is 5.41 Å². The highest BCUT2D eigenvalue weighted by molar-refractivity contribution is 5.26. The Morgan fingerprint density at radius 3 is 1.50 bits per heavy atom. The summed E-state index contributed by atoms with van der Waals surface area (Å²) in [5.74, 6) is 0. The Hall–Kier alpha value is -0.740. The Morgan fingerprint density at radius 1 is 1.25 bits per heavy atom. The molecule has 0 heterocycles. The van der Waals surface area contributed by atoms with Crippen molar-refractivity contribution in [2.75, 3.05) is 19.8 Å². The number of nitrogens with one attached hydrogen (secondary N) is 1. The molecule has 0 aliphatic rings. The summed E-state index contributed by atoms with van der Waals surface area (Å²) in [6.07, 6.45) is 1.34. The van der Waals surface area contributed by atoms with Gasteiger partial charge in [0.05, 0.1) is 19.8 Å². The maximum absolute atomic E-state index is 8.66. The summed E-state index contributed by atoms with van der Waals surface area (Å²) in [7, 11) is 0. The Balaban J connectivity index is 0. The minimum absolute atomic E-state index is 0.156. The van der Waals surface area contributed by atoms with Gasteiger partial charge in [-0.25, -0.2) is 10.2 Å². The fourth-order valence-electron chi connectivity index (χ4n) is 0.485. The number of rotatable bonds is 4. The lowest BCUT2D eigenvalue weighted by Gasteiger charge is -2.24. The van der Waals surface area contributed by atoms with Crippen LogP contribution in [0.15, 0.2) is 0 Å². The van der Waals surface area contributed by atoms with Gasteiger partial charge in [-0.1, -0.05) is 6.92 Å². The number of aliphatic hydroxyl groups is 3. The van der Waals surface area contributed by atoms with Gasteiger partial charge in [0.1, 0.15) is 0 Å². The standard InChI is InChI=1S/C6H14O3.CHNO/c1-2-6(3-7,4-8)5-9;2-1-3/h7-9H,2-5H2,1H3;2H. The average Bonchev–Trinajstić information content (AvgIpc) is 2.11. The van der Waals surface area contributed by atoms with Gasteiger partial charge in [0, 0.05) is 5.41 Å². The molecule has 0 aromatic heterocycles. The van der Waals surface area contributed by atoms with Crippen LogP contribution in [0.3, 0.4) is 0 Å². The molecule has 4 N–H and O–H groups in total. The first kappa shape index (κ1) is 13.8. The van der Waals surface area contributed by atoms with Crippen molar-refractivity contribution in [1.82, 2.24) is 0 Å². The van der Waals surface area contributed by atoms with Crippen molar-refractivity contribution in [2.45, 2.75) is 13.3 Å². The van der Waals surface area contributed by atoms with Gasteiger partial charge in [-0.15, -0.1) is 0 Å². The van der Waals surface area contributed by atoms with Crippen LogP contribution in [0.4, 0.5) is 0 Å². The summed E-state index contributed by atoms with van der Waals surface area (Å²) in [6.45, 7) is 1.35. The van der Waals surface area contributed by atoms with Crippen molar-refractivity contribution in [1.29, 1.82) is 5.41 Å². The quantitative estimate of drug-likeness (QED) is 0.335. The highest BCUT2D eigenvalue weighted by Gasteiger charge is 2.24. The first-order valence-electron chi connectivity index (χ1n) is 3.52. The molecule has 0 spiro atoms. The Bertz CT molecular complexity index is 110. The topological polar surface area (TPSA) is 102 Å². The monoisotopic (exact) mass is 177 g/mol. The minimum Gasteiger partial charge on any atom is -0.396 e. The van der Waals surface area contributed by atoms with Gasteiger partial charge in [0.15, 0.2) is 0 Å². The van der Waals surface area contributed by atoms with E-state index >= 15 is 0 Å². The molecule has 0 aromatic rings. The summed E-state index contributed by atoms with van der Waals surface area (Å²) < 4.78 is 0. The smallest absolute Gasteiger partial charge is 0.231 e. The van der Waals surface area contributed by atoms with Crippen LogP contribution in [0.25, 0.3) is 0 Å². The SMILES string of the molecule is CCC(CO)(CO)CO.N=C=O. The highest BCUT2D eigenvalue weighted by atomic mass is 16.3. The molecule has 72 valence electrons. The lowest BCUT2D eigenvalue weighted by molar-refractivity contribution is 0.00304. The van der Waals surface area contributed by atoms with Gasteiger partial charge >= 0.3 is 0 Å². The van der Waals surface area contributed by atoms with Crippen LogP contribution < -0.4 is 0 Å². The highest BCUT2D eigenvalue weighted by Crippen LogP contribution is 2.18. The van der Waals surface area contributed by atoms with E-state index in [0.717, 1.165) is 6.08 Å². The molecular weight excluding hydrogens is 162 g/mol. The Morgan fingerprint density at radius 2 is 1.50 bits per heavy atom. The average molecular weight is 177 g/mol. The van der Waals surface area contributed by atoms with Gasteiger partial charge in [-0.3, -0.25) is 0 Å². The molecule has 5 heteroatoms. The van der Waals surface area contributed by atoms with E-state index in [1.165, 1.54) is 0 Å². The third kappa shape index (κ3) is 4.98. The zero-order valence-corrected chi connectivity index (χ0v) is 7.08. The fraction of sp³-hybridized carbons (Fsp3) is 0.857. The maximum Gasteiger partial charge on any atom is 0.231 e. The van der Waals surface area contributed by atoms with Crippen LogP contribution in [0, 0.1) is 10.8 Å². The van der Waals surface area contributed by atoms with E-state index in [1.54, 1.807) is 0 Å². The molecule has 0 amide bonds. The third-order valence-electron chi connectivity index (χ3n) is 1.76. The molecule has 12 heavy (non-hydrogen) atoms. The second kappa shape index (κ2) is 8.36. The summed E-state index contributed by atoms with van der Waals surface area (Å²) in [5, 5.41) is 31.4. The molecule has 5 nitrogen and oxygen atoms in total. The normalized spacial score (nSPS) is 9.67. The summed E-state index contributed by atoms with van der Waals surface area (Å²) in [6, 6.07) is 0. The summed E-state index contributed by atoms with van der Waals surface area (Å²) in [4.78, 5) is 8.35. The van der Waals surface area contributed by atoms with Gasteiger partial charge in [-0.05, 0) is 6.42 Å². The van der Waals surface area contributed by atoms with E-state index in [1.807, 2.05) is 6.92 Å². The molecule has 0 saturated heterocycles. The largest absolute Gasteiger partial charge is 0.396 e. The second-order valence-electron chi connectivity index (χ2n) is 2.43. The third-order valence-corrected chi connectivity index (χ3v) is 1.76. The molecule has 0 fully saturated rings. The predicted octanol–water partition coefficient (Wildman–Crippen LogP) is -0.739. The molecule has 0 rings (SSSR count). The molecule has 0 aliphatic carbocycles. The van der Waals surface area contributed by atoms with Crippen LogP contribution in [-0.2, 0) is 4.79 Å². The Labute approximate surface area is 71.2 Å². The van der Waals surface area contributed by atoms with Crippen LogP contribution in [0.2, 0.25) is 0 Å². The molecule has 0 aliphatic heterocycles. The number of carbonyl (C=O) groups excluding carboxylic acids is 1. The van der Waals surface area contributed by atoms with Crippen LogP contribution >= 0.6 is 0 Å². The van der Waals surface area contributed by atoms with Crippen molar-refractivity contribution < 1.29 is 20.1 Å². The van der Waals surface area contributed by atoms with E-state index in [9.17, 15) is 0 Å². The second-order valence-corrected chi connectivity index (χ2v) is 2.43. The van der Waals surface area contributed by atoms with E-state index in [0.29, 0.717) is 6.42 Å². The van der Waals surface area contributed by atoms with Crippen molar-refractivity contribution in [3.05, 3.63) is 0 Å². The van der Waals surface area contributed by atoms with Crippen LogP contribution in [0.1, 0.15) is 13.3 Å². The lowest BCUT2D eigenvalue weighted by Crippen LogP contribution is -2.32. The van der Waals surface area contributed by atoms with Gasteiger partial charge in [-0.2, -0.15) is 0 Å². The van der Waals surface area contributed by atoms with Crippen molar-refractivity contribution in [2.24, 2.45) is 5.41 Å². The van der Waals surface area contributed by atoms with Gasteiger partial charge < -0.3 is 15.3 Å². The number of aliphatic hydroxyl groups excluding tert-OH is 3. The van der Waals surface area contributed by atoms with Gasteiger partial charge in [0.25, 0.3) is 0 Å². The molecule has 0 aromatic carbocycles. The number of hydrogen-bond donors (Lipinski definition) is 4. The molecule has 0 radical (unpaired) electrons. The van der Waals surface area contributed by atoms with E-state index in [2.05, 4.69) is 0 Å². The fourth-order valence-corrected chi connectivity index (χ4v) is 0.485. The molecule has 0 atom stereocenters. The predicted molar refractivity (Wildman–Crippen MR) is 42.4 cm³/mol. The van der Waals surface area contributed by atoms with E-state index in [4.69, 9.17) is 25.5 Å². The van der Waals surface area contributed by atoms with Gasteiger partial charge in [0.2, 0.25) is 6.08 Å². The zero-order valence-electron chi connectivity index (χ0n) is 7.08. The first-order valence-corrected chi connectivity index (χ1v) is 3.52. The molecule has 0 bridgehead atoms. The summed E-state index contributed by atoms with van der Waals surface area (Å²) >= 11 is 0. The minimum atomic E-state index is -0.667. The molecule has 0 unspecified atom stereocenters. The summed E-state index contributed by atoms with van der Waals surface area (Å²) in [5.41, 5.74) is -0.667. The van der Waals surface area contributed by atoms with Crippen LogP contribution in [-0.4, -0.2) is 41.2 Å². The number of isocyanates is 1. The van der Waals surface area contributed by atoms with Crippen molar-refractivity contribution in [3.63, 3.8) is 0 Å². The van der Waals surface area contributed by atoms with Crippen LogP contribution in [0.5, 0.6) is 0 Å². The Kier molecular flexibility index (Phi) is 9.63. The maximum atomic E-state index is 8.66. The van der Waals surface area contributed by atoms with E-state index in [-0.39, 0.29) is 19.8 Å². The zero-order chi connectivity index (χ0) is 10.0.